The Morgan fingerprint density at radius 1 is 1.10 bits per heavy atom. The monoisotopic (exact) mass is 280 g/mol. The third-order valence-corrected chi connectivity index (χ3v) is 3.50. The predicted octanol–water partition coefficient (Wildman–Crippen LogP) is 4.68. The van der Waals surface area contributed by atoms with Crippen molar-refractivity contribution in [2.24, 2.45) is 0 Å². The van der Waals surface area contributed by atoms with Gasteiger partial charge in [-0.25, -0.2) is 0 Å². The molecule has 0 bridgehead atoms. The lowest BCUT2D eigenvalue weighted by Crippen LogP contribution is -2.08. The fourth-order valence-electron chi connectivity index (χ4n) is 2.36. The van der Waals surface area contributed by atoms with Crippen molar-refractivity contribution in [2.75, 3.05) is 6.61 Å². The second-order valence-electron chi connectivity index (χ2n) is 5.22. The molecule has 0 aliphatic carbocycles. The Balaban J connectivity index is 2.20. The zero-order chi connectivity index (χ0) is 14.6. The zero-order valence-corrected chi connectivity index (χ0v) is 13.0. The number of ether oxygens (including phenoxy) is 1. The van der Waals surface area contributed by atoms with E-state index in [4.69, 9.17) is 9.15 Å². The molecular formula is C17H28O3. The summed E-state index contributed by atoms with van der Waals surface area (Å²) in [6, 6.07) is 1.98. The molecule has 20 heavy (non-hydrogen) atoms. The van der Waals surface area contributed by atoms with Gasteiger partial charge in [-0.05, 0) is 31.4 Å². The van der Waals surface area contributed by atoms with Gasteiger partial charge in [-0.1, -0.05) is 45.4 Å². The average molecular weight is 280 g/mol. The summed E-state index contributed by atoms with van der Waals surface area (Å²) in [6.45, 7) is 4.48. The lowest BCUT2D eigenvalue weighted by atomic mass is 10.0. The highest BCUT2D eigenvalue weighted by Gasteiger charge is 2.11. The third kappa shape index (κ3) is 6.78. The number of furan rings is 1. The van der Waals surface area contributed by atoms with Gasteiger partial charge in [0.05, 0.1) is 12.9 Å². The van der Waals surface area contributed by atoms with Gasteiger partial charge in [0.15, 0.2) is 0 Å². The minimum atomic E-state index is -0.205. The van der Waals surface area contributed by atoms with Gasteiger partial charge in [0, 0.05) is 0 Å². The zero-order valence-electron chi connectivity index (χ0n) is 13.0. The second-order valence-corrected chi connectivity index (χ2v) is 5.22. The molecule has 1 heterocycles. The number of hydrogen-bond donors (Lipinski definition) is 0. The quantitative estimate of drug-likeness (QED) is 0.436. The highest BCUT2D eigenvalue weighted by Crippen LogP contribution is 2.16. The first-order chi connectivity index (χ1) is 9.77. The molecule has 1 aromatic rings. The minimum Gasteiger partial charge on any atom is -0.468 e. The van der Waals surface area contributed by atoms with Gasteiger partial charge in [-0.15, -0.1) is 0 Å². The Hall–Kier alpha value is -1.25. The van der Waals surface area contributed by atoms with Crippen LogP contribution in [0.1, 0.15) is 70.1 Å². The van der Waals surface area contributed by atoms with Crippen molar-refractivity contribution in [3.05, 3.63) is 23.7 Å². The van der Waals surface area contributed by atoms with E-state index in [1.807, 2.05) is 13.0 Å². The van der Waals surface area contributed by atoms with Crippen LogP contribution in [-0.4, -0.2) is 12.6 Å². The van der Waals surface area contributed by atoms with Crippen LogP contribution in [0.3, 0.4) is 0 Å². The lowest BCUT2D eigenvalue weighted by Gasteiger charge is -2.04. The standard InChI is InChI=1S/C17H28O3/c1-3-5-6-7-8-9-10-11-15-12-13-20-16(15)14-17(18)19-4-2/h12-13H,3-11,14H2,1-2H3. The first-order valence-electron chi connectivity index (χ1n) is 7.98. The summed E-state index contributed by atoms with van der Waals surface area (Å²) < 4.78 is 10.3. The molecule has 3 heteroatoms. The molecule has 0 unspecified atom stereocenters. The summed E-state index contributed by atoms with van der Waals surface area (Å²) in [5.74, 6) is 0.567. The van der Waals surface area contributed by atoms with Crippen LogP contribution in [-0.2, 0) is 22.4 Å². The number of carbonyl (C=O) groups excluding carboxylic acids is 1. The van der Waals surface area contributed by atoms with Gasteiger partial charge in [-0.2, -0.15) is 0 Å². The number of carbonyl (C=O) groups is 1. The summed E-state index contributed by atoms with van der Waals surface area (Å²) in [4.78, 5) is 11.5. The highest BCUT2D eigenvalue weighted by atomic mass is 16.5. The lowest BCUT2D eigenvalue weighted by molar-refractivity contribution is -0.142. The Labute approximate surface area is 122 Å². The molecule has 0 aromatic carbocycles. The van der Waals surface area contributed by atoms with Crippen LogP contribution in [0.2, 0.25) is 0 Å². The Kier molecular flexibility index (Phi) is 8.84. The average Bonchev–Trinajstić information content (AvgIpc) is 2.85. The molecule has 3 nitrogen and oxygen atoms in total. The number of esters is 1. The van der Waals surface area contributed by atoms with E-state index >= 15 is 0 Å². The van der Waals surface area contributed by atoms with E-state index in [1.165, 1.54) is 44.9 Å². The van der Waals surface area contributed by atoms with Crippen molar-refractivity contribution < 1.29 is 13.9 Å². The minimum absolute atomic E-state index is 0.205. The van der Waals surface area contributed by atoms with Gasteiger partial charge in [0.2, 0.25) is 0 Å². The third-order valence-electron chi connectivity index (χ3n) is 3.50. The van der Waals surface area contributed by atoms with Crippen LogP contribution in [0.4, 0.5) is 0 Å². The topological polar surface area (TPSA) is 39.4 Å². The maximum Gasteiger partial charge on any atom is 0.313 e. The smallest absolute Gasteiger partial charge is 0.313 e. The Morgan fingerprint density at radius 3 is 2.50 bits per heavy atom. The summed E-state index contributed by atoms with van der Waals surface area (Å²) >= 11 is 0. The largest absolute Gasteiger partial charge is 0.468 e. The van der Waals surface area contributed by atoms with E-state index in [9.17, 15) is 4.79 Å². The van der Waals surface area contributed by atoms with Crippen molar-refractivity contribution >= 4 is 5.97 Å². The van der Waals surface area contributed by atoms with E-state index in [0.717, 1.165) is 17.7 Å². The summed E-state index contributed by atoms with van der Waals surface area (Å²) in [6.07, 6.45) is 12.0. The van der Waals surface area contributed by atoms with Gasteiger partial charge in [0.25, 0.3) is 0 Å². The molecule has 0 atom stereocenters. The van der Waals surface area contributed by atoms with Crippen molar-refractivity contribution in [3.8, 4) is 0 Å². The maximum atomic E-state index is 11.5. The maximum absolute atomic E-state index is 11.5. The van der Waals surface area contributed by atoms with Crippen molar-refractivity contribution in [3.63, 3.8) is 0 Å². The molecule has 0 amide bonds. The number of rotatable bonds is 11. The number of aryl methyl sites for hydroxylation is 1. The van der Waals surface area contributed by atoms with Crippen LogP contribution in [0.15, 0.2) is 16.7 Å². The Morgan fingerprint density at radius 2 is 1.80 bits per heavy atom. The van der Waals surface area contributed by atoms with E-state index in [0.29, 0.717) is 6.61 Å². The van der Waals surface area contributed by atoms with Crippen LogP contribution in [0.25, 0.3) is 0 Å². The molecule has 114 valence electrons. The van der Waals surface area contributed by atoms with E-state index < -0.39 is 0 Å². The molecule has 1 aromatic heterocycles. The summed E-state index contributed by atoms with van der Waals surface area (Å²) in [5, 5.41) is 0. The SMILES string of the molecule is CCCCCCCCCc1ccoc1CC(=O)OCC. The molecule has 0 aliphatic heterocycles. The van der Waals surface area contributed by atoms with Crippen LogP contribution in [0, 0.1) is 0 Å². The molecule has 0 aliphatic rings. The van der Waals surface area contributed by atoms with Crippen LogP contribution >= 0.6 is 0 Å². The first kappa shape index (κ1) is 16.8. The number of unbranched alkanes of at least 4 members (excludes halogenated alkanes) is 6. The van der Waals surface area contributed by atoms with E-state index in [2.05, 4.69) is 6.92 Å². The Bertz CT molecular complexity index is 368. The fourth-order valence-corrected chi connectivity index (χ4v) is 2.36. The van der Waals surface area contributed by atoms with E-state index in [1.54, 1.807) is 6.26 Å². The molecule has 0 saturated heterocycles. The normalized spacial score (nSPS) is 10.7. The highest BCUT2D eigenvalue weighted by molar-refractivity contribution is 5.72. The molecular weight excluding hydrogens is 252 g/mol. The molecule has 0 saturated carbocycles. The van der Waals surface area contributed by atoms with Gasteiger partial charge < -0.3 is 9.15 Å². The predicted molar refractivity (Wildman–Crippen MR) is 80.7 cm³/mol. The van der Waals surface area contributed by atoms with Crippen molar-refractivity contribution in [2.45, 2.75) is 71.6 Å². The molecule has 0 radical (unpaired) electrons. The van der Waals surface area contributed by atoms with Gasteiger partial charge in [-0.3, -0.25) is 4.79 Å². The molecule has 0 spiro atoms. The van der Waals surface area contributed by atoms with Crippen molar-refractivity contribution in [1.82, 2.24) is 0 Å². The van der Waals surface area contributed by atoms with Crippen LogP contribution < -0.4 is 0 Å². The summed E-state index contributed by atoms with van der Waals surface area (Å²) in [7, 11) is 0. The summed E-state index contributed by atoms with van der Waals surface area (Å²) in [5.41, 5.74) is 1.16. The van der Waals surface area contributed by atoms with Gasteiger partial charge in [0.1, 0.15) is 12.2 Å². The fraction of sp³-hybridized carbons (Fsp3) is 0.706. The van der Waals surface area contributed by atoms with Crippen LogP contribution in [0.5, 0.6) is 0 Å². The second kappa shape index (κ2) is 10.5. The van der Waals surface area contributed by atoms with E-state index in [-0.39, 0.29) is 12.4 Å². The van der Waals surface area contributed by atoms with Gasteiger partial charge >= 0.3 is 5.97 Å². The first-order valence-corrected chi connectivity index (χ1v) is 7.98. The molecule has 0 fully saturated rings. The number of hydrogen-bond acceptors (Lipinski definition) is 3. The van der Waals surface area contributed by atoms with Crippen molar-refractivity contribution in [1.29, 1.82) is 0 Å². The molecule has 1 rings (SSSR count). The molecule has 0 N–H and O–H groups in total.